The molecule has 1 aromatic heterocycles. The number of nitrogen functional groups attached to an aromatic ring is 1. The third kappa shape index (κ3) is 3.07. The van der Waals surface area contributed by atoms with E-state index >= 15 is 0 Å². The molecule has 0 atom stereocenters. The maximum absolute atomic E-state index is 6.22. The van der Waals surface area contributed by atoms with E-state index < -0.39 is 0 Å². The summed E-state index contributed by atoms with van der Waals surface area (Å²) in [5.74, 6) is 0. The van der Waals surface area contributed by atoms with Gasteiger partial charge in [0, 0.05) is 22.8 Å². The van der Waals surface area contributed by atoms with Crippen molar-refractivity contribution in [3.8, 4) is 0 Å². The minimum atomic E-state index is 0.673. The van der Waals surface area contributed by atoms with Crippen molar-refractivity contribution in [2.24, 2.45) is 0 Å². The van der Waals surface area contributed by atoms with Gasteiger partial charge in [-0.1, -0.05) is 30.3 Å². The molecule has 102 valence electrons. The van der Waals surface area contributed by atoms with E-state index in [9.17, 15) is 0 Å². The Hall–Kier alpha value is -1.13. The zero-order chi connectivity index (χ0) is 14.0. The number of nitrogens with two attached hydrogens (primary N) is 1. The predicted molar refractivity (Wildman–Crippen MR) is 82.0 cm³/mol. The minimum Gasteiger partial charge on any atom is -0.399 e. The fourth-order valence-electron chi connectivity index (χ4n) is 1.89. The third-order valence-corrected chi connectivity index (χ3v) is 4.52. The zero-order valence-corrected chi connectivity index (χ0v) is 13.0. The first-order chi connectivity index (χ1) is 9.02. The summed E-state index contributed by atoms with van der Waals surface area (Å²) in [7, 11) is 0. The van der Waals surface area contributed by atoms with Crippen LogP contribution in [-0.2, 0) is 6.54 Å². The molecule has 5 heteroatoms. The van der Waals surface area contributed by atoms with E-state index in [0.717, 1.165) is 28.7 Å². The van der Waals surface area contributed by atoms with Crippen LogP contribution in [0.4, 0.5) is 5.69 Å². The molecule has 0 bridgehead atoms. The Morgan fingerprint density at radius 2 is 2.11 bits per heavy atom. The van der Waals surface area contributed by atoms with E-state index in [2.05, 4.69) is 23.4 Å². The number of hydrogen-bond acceptors (Lipinski definition) is 3. The van der Waals surface area contributed by atoms with Crippen LogP contribution in [0.5, 0.6) is 0 Å². The highest BCUT2D eigenvalue weighted by Crippen LogP contribution is 2.34. The Labute approximate surface area is 123 Å². The first kappa shape index (κ1) is 14.3. The summed E-state index contributed by atoms with van der Waals surface area (Å²) in [5.41, 5.74) is 8.68. The van der Waals surface area contributed by atoms with Crippen molar-refractivity contribution < 1.29 is 0 Å². The van der Waals surface area contributed by atoms with E-state index in [1.54, 1.807) is 17.8 Å². The quantitative estimate of drug-likeness (QED) is 0.855. The molecule has 1 aromatic carbocycles. The van der Waals surface area contributed by atoms with E-state index in [0.29, 0.717) is 10.7 Å². The van der Waals surface area contributed by atoms with Crippen molar-refractivity contribution in [1.82, 2.24) is 9.55 Å². The zero-order valence-electron chi connectivity index (χ0n) is 11.4. The topological polar surface area (TPSA) is 43.8 Å². The Kier molecular flexibility index (Phi) is 4.42. The number of benzene rings is 1. The standard InChI is InChI=1S/C14H18ClN3S/c1-4-7-18-10(3)9(2)17-14(18)19-13-6-5-11(16)8-12(13)15/h5-6,8H,4,7,16H2,1-3H3. The Morgan fingerprint density at radius 1 is 1.37 bits per heavy atom. The molecule has 0 fully saturated rings. The SMILES string of the molecule is CCCn1c(Sc2ccc(N)cc2Cl)nc(C)c1C. The van der Waals surface area contributed by atoms with Gasteiger partial charge in [-0.2, -0.15) is 0 Å². The molecule has 0 saturated carbocycles. The van der Waals surface area contributed by atoms with Crippen molar-refractivity contribution in [3.05, 3.63) is 34.6 Å². The molecule has 0 saturated heterocycles. The number of imidazole rings is 1. The smallest absolute Gasteiger partial charge is 0.173 e. The van der Waals surface area contributed by atoms with Crippen LogP contribution in [0.1, 0.15) is 24.7 Å². The van der Waals surface area contributed by atoms with E-state index in [4.69, 9.17) is 17.3 Å². The summed E-state index contributed by atoms with van der Waals surface area (Å²) in [6, 6.07) is 5.58. The van der Waals surface area contributed by atoms with Gasteiger partial charge >= 0.3 is 0 Å². The second kappa shape index (κ2) is 5.88. The lowest BCUT2D eigenvalue weighted by Crippen LogP contribution is -2.01. The van der Waals surface area contributed by atoms with Gasteiger partial charge in [-0.25, -0.2) is 4.98 Å². The van der Waals surface area contributed by atoms with Gasteiger partial charge in [-0.15, -0.1) is 0 Å². The number of rotatable bonds is 4. The summed E-state index contributed by atoms with van der Waals surface area (Å²) in [5, 5.41) is 1.66. The molecule has 0 amide bonds. The van der Waals surface area contributed by atoms with Crippen LogP contribution in [0, 0.1) is 13.8 Å². The normalized spacial score (nSPS) is 10.9. The molecule has 1 heterocycles. The average molecular weight is 296 g/mol. The molecule has 0 aliphatic rings. The number of aromatic nitrogens is 2. The van der Waals surface area contributed by atoms with Gasteiger partial charge in [0.25, 0.3) is 0 Å². The molecule has 19 heavy (non-hydrogen) atoms. The van der Waals surface area contributed by atoms with E-state index in [1.165, 1.54) is 5.69 Å². The summed E-state index contributed by atoms with van der Waals surface area (Å²) in [6.45, 7) is 7.28. The van der Waals surface area contributed by atoms with Crippen LogP contribution in [0.25, 0.3) is 0 Å². The molecular weight excluding hydrogens is 278 g/mol. The molecule has 3 nitrogen and oxygen atoms in total. The lowest BCUT2D eigenvalue weighted by atomic mass is 10.3. The number of halogens is 1. The van der Waals surface area contributed by atoms with Crippen molar-refractivity contribution in [1.29, 1.82) is 0 Å². The van der Waals surface area contributed by atoms with Crippen LogP contribution in [0.2, 0.25) is 5.02 Å². The highest BCUT2D eigenvalue weighted by atomic mass is 35.5. The van der Waals surface area contributed by atoms with E-state index in [-0.39, 0.29) is 0 Å². The van der Waals surface area contributed by atoms with Gasteiger partial charge in [0.15, 0.2) is 5.16 Å². The maximum atomic E-state index is 6.22. The number of hydrogen-bond donors (Lipinski definition) is 1. The first-order valence-corrected chi connectivity index (χ1v) is 7.49. The molecule has 2 aromatic rings. The summed E-state index contributed by atoms with van der Waals surface area (Å²) in [6.07, 6.45) is 1.08. The predicted octanol–water partition coefficient (Wildman–Crippen LogP) is 4.30. The van der Waals surface area contributed by atoms with Crippen LogP contribution in [0.15, 0.2) is 28.3 Å². The summed E-state index contributed by atoms with van der Waals surface area (Å²) < 4.78 is 2.24. The van der Waals surface area contributed by atoms with Crippen LogP contribution < -0.4 is 5.73 Å². The highest BCUT2D eigenvalue weighted by Gasteiger charge is 2.13. The highest BCUT2D eigenvalue weighted by molar-refractivity contribution is 7.99. The van der Waals surface area contributed by atoms with Crippen LogP contribution >= 0.6 is 23.4 Å². The second-order valence-electron chi connectivity index (χ2n) is 4.51. The van der Waals surface area contributed by atoms with Crippen molar-refractivity contribution >= 4 is 29.1 Å². The molecule has 0 spiro atoms. The van der Waals surface area contributed by atoms with Gasteiger partial charge in [0.1, 0.15) is 0 Å². The lowest BCUT2D eigenvalue weighted by molar-refractivity contribution is 0.606. The molecule has 0 radical (unpaired) electrons. The lowest BCUT2D eigenvalue weighted by Gasteiger charge is -2.09. The molecule has 0 unspecified atom stereocenters. The number of aryl methyl sites for hydroxylation is 1. The molecule has 2 N–H and O–H groups in total. The number of anilines is 1. The van der Waals surface area contributed by atoms with Crippen LogP contribution in [0.3, 0.4) is 0 Å². The van der Waals surface area contributed by atoms with Crippen molar-refractivity contribution in [2.45, 2.75) is 43.8 Å². The molecule has 2 rings (SSSR count). The van der Waals surface area contributed by atoms with Gasteiger partial charge in [-0.05, 0) is 38.5 Å². The Morgan fingerprint density at radius 3 is 2.74 bits per heavy atom. The third-order valence-electron chi connectivity index (χ3n) is 3.03. The minimum absolute atomic E-state index is 0.673. The molecule has 0 aliphatic heterocycles. The fourth-order valence-corrected chi connectivity index (χ4v) is 3.20. The Balaban J connectivity index is 2.35. The van der Waals surface area contributed by atoms with E-state index in [1.807, 2.05) is 19.1 Å². The number of nitrogens with zero attached hydrogens (tertiary/aromatic N) is 2. The summed E-state index contributed by atoms with van der Waals surface area (Å²) >= 11 is 7.81. The summed E-state index contributed by atoms with van der Waals surface area (Å²) in [4.78, 5) is 5.61. The van der Waals surface area contributed by atoms with Gasteiger partial charge in [0.2, 0.25) is 0 Å². The monoisotopic (exact) mass is 295 g/mol. The molecule has 0 aliphatic carbocycles. The van der Waals surface area contributed by atoms with Gasteiger partial charge in [-0.3, -0.25) is 0 Å². The average Bonchev–Trinajstić information content (AvgIpc) is 2.61. The molecular formula is C14H18ClN3S. The van der Waals surface area contributed by atoms with Gasteiger partial charge < -0.3 is 10.3 Å². The largest absolute Gasteiger partial charge is 0.399 e. The van der Waals surface area contributed by atoms with Gasteiger partial charge in [0.05, 0.1) is 10.7 Å². The second-order valence-corrected chi connectivity index (χ2v) is 5.93. The van der Waals surface area contributed by atoms with Crippen LogP contribution in [-0.4, -0.2) is 9.55 Å². The van der Waals surface area contributed by atoms with Crippen molar-refractivity contribution in [3.63, 3.8) is 0 Å². The maximum Gasteiger partial charge on any atom is 0.173 e. The Bertz CT molecular complexity index is 593. The van der Waals surface area contributed by atoms with Crippen molar-refractivity contribution in [2.75, 3.05) is 5.73 Å². The first-order valence-electron chi connectivity index (χ1n) is 6.29. The fraction of sp³-hybridized carbons (Fsp3) is 0.357.